The van der Waals surface area contributed by atoms with Gasteiger partial charge in [0.2, 0.25) is 0 Å². The molecule has 0 bridgehead atoms. The third-order valence-electron chi connectivity index (χ3n) is 4.75. The van der Waals surface area contributed by atoms with Gasteiger partial charge in [0.15, 0.2) is 0 Å². The summed E-state index contributed by atoms with van der Waals surface area (Å²) >= 11 is 0. The third kappa shape index (κ3) is 3.19. The Kier molecular flexibility index (Phi) is 4.84. The number of hydrogen-bond donors (Lipinski definition) is 1. The molecule has 0 aliphatic heterocycles. The summed E-state index contributed by atoms with van der Waals surface area (Å²) in [6.45, 7) is 5.66. The lowest BCUT2D eigenvalue weighted by atomic mass is 9.75. The van der Waals surface area contributed by atoms with Crippen LogP contribution < -0.4 is 10.6 Å². The van der Waals surface area contributed by atoms with Crippen LogP contribution in [0.1, 0.15) is 50.5 Å². The zero-order valence-electron chi connectivity index (χ0n) is 14.1. The van der Waals surface area contributed by atoms with Crippen LogP contribution in [0.25, 0.3) is 0 Å². The van der Waals surface area contributed by atoms with Gasteiger partial charge >= 0.3 is 0 Å². The number of nitrogens with zero attached hydrogens (tertiary/aromatic N) is 4. The summed E-state index contributed by atoms with van der Waals surface area (Å²) in [5.74, 6) is 1.20. The second-order valence-electron chi connectivity index (χ2n) is 6.75. The van der Waals surface area contributed by atoms with Crippen molar-refractivity contribution >= 4 is 5.69 Å². The Balaban J connectivity index is 2.20. The lowest BCUT2D eigenvalue weighted by molar-refractivity contribution is 0.0682. The molecular formula is C16H29N5. The minimum Gasteiger partial charge on any atom is -0.370 e. The van der Waals surface area contributed by atoms with Gasteiger partial charge < -0.3 is 15.5 Å². The summed E-state index contributed by atoms with van der Waals surface area (Å²) in [7, 11) is 6.47. The molecule has 5 nitrogen and oxygen atoms in total. The molecule has 0 saturated heterocycles. The molecule has 0 unspecified atom stereocenters. The molecule has 118 valence electrons. The van der Waals surface area contributed by atoms with Crippen LogP contribution in [-0.2, 0) is 6.54 Å². The maximum absolute atomic E-state index is 5.90. The zero-order valence-corrected chi connectivity index (χ0v) is 14.1. The van der Waals surface area contributed by atoms with E-state index >= 15 is 0 Å². The lowest BCUT2D eigenvalue weighted by Crippen LogP contribution is -2.56. The van der Waals surface area contributed by atoms with Gasteiger partial charge in [0.05, 0.1) is 17.6 Å². The van der Waals surface area contributed by atoms with Crippen LogP contribution in [0.15, 0.2) is 6.20 Å². The van der Waals surface area contributed by atoms with E-state index in [0.29, 0.717) is 12.5 Å². The van der Waals surface area contributed by atoms with Gasteiger partial charge in [-0.2, -0.15) is 0 Å². The van der Waals surface area contributed by atoms with Gasteiger partial charge in [-0.1, -0.05) is 13.8 Å². The largest absolute Gasteiger partial charge is 0.370 e. The van der Waals surface area contributed by atoms with Gasteiger partial charge in [-0.25, -0.2) is 9.97 Å². The average Bonchev–Trinajstić information content (AvgIpc) is 2.41. The van der Waals surface area contributed by atoms with Crippen molar-refractivity contribution in [2.45, 2.75) is 51.1 Å². The summed E-state index contributed by atoms with van der Waals surface area (Å²) < 4.78 is 0. The standard InChI is InChI=1S/C16H29N5/c1-12(2)15-18-10-14(13(9-17)19-15)21(5)11-16(20(3)4)7-6-8-16/h10,12H,6-9,11,17H2,1-5H3. The molecule has 1 aromatic rings. The number of anilines is 1. The van der Waals surface area contributed by atoms with Crippen LogP contribution in [0.5, 0.6) is 0 Å². The summed E-state index contributed by atoms with van der Waals surface area (Å²) in [6.07, 6.45) is 5.77. The van der Waals surface area contributed by atoms with Crippen molar-refractivity contribution in [1.29, 1.82) is 0 Å². The second kappa shape index (κ2) is 6.28. The summed E-state index contributed by atoms with van der Waals surface area (Å²) in [4.78, 5) is 13.8. The first-order chi connectivity index (χ1) is 9.89. The molecule has 2 rings (SSSR count). The molecule has 1 heterocycles. The van der Waals surface area contributed by atoms with E-state index in [1.165, 1.54) is 19.3 Å². The smallest absolute Gasteiger partial charge is 0.131 e. The zero-order chi connectivity index (χ0) is 15.6. The predicted octanol–water partition coefficient (Wildman–Crippen LogP) is 1.98. The maximum Gasteiger partial charge on any atom is 0.131 e. The van der Waals surface area contributed by atoms with E-state index in [2.05, 4.69) is 54.8 Å². The van der Waals surface area contributed by atoms with E-state index in [9.17, 15) is 0 Å². The number of likely N-dealkylation sites (N-methyl/N-ethyl adjacent to an activating group) is 2. The molecule has 2 N–H and O–H groups in total. The van der Waals surface area contributed by atoms with Crippen LogP contribution in [0.3, 0.4) is 0 Å². The van der Waals surface area contributed by atoms with Crippen LogP contribution in [-0.4, -0.2) is 48.1 Å². The first kappa shape index (κ1) is 16.2. The molecule has 1 aliphatic carbocycles. The highest BCUT2D eigenvalue weighted by Gasteiger charge is 2.40. The van der Waals surface area contributed by atoms with Crippen LogP contribution in [0.4, 0.5) is 5.69 Å². The molecular weight excluding hydrogens is 262 g/mol. The van der Waals surface area contributed by atoms with Crippen molar-refractivity contribution in [1.82, 2.24) is 14.9 Å². The van der Waals surface area contributed by atoms with Crippen molar-refractivity contribution < 1.29 is 0 Å². The quantitative estimate of drug-likeness (QED) is 0.868. The second-order valence-corrected chi connectivity index (χ2v) is 6.75. The van der Waals surface area contributed by atoms with Gasteiger partial charge in [0.25, 0.3) is 0 Å². The fourth-order valence-electron chi connectivity index (χ4n) is 3.03. The molecule has 0 spiro atoms. The fraction of sp³-hybridized carbons (Fsp3) is 0.750. The average molecular weight is 291 g/mol. The molecule has 1 saturated carbocycles. The Morgan fingerprint density at radius 2 is 1.95 bits per heavy atom. The first-order valence-electron chi connectivity index (χ1n) is 7.84. The highest BCUT2D eigenvalue weighted by molar-refractivity contribution is 5.49. The van der Waals surface area contributed by atoms with Crippen molar-refractivity contribution in [3.8, 4) is 0 Å². The molecule has 1 aromatic heterocycles. The van der Waals surface area contributed by atoms with E-state index < -0.39 is 0 Å². The molecule has 21 heavy (non-hydrogen) atoms. The summed E-state index contributed by atoms with van der Waals surface area (Å²) in [5.41, 5.74) is 8.20. The van der Waals surface area contributed by atoms with Gasteiger partial charge in [-0.3, -0.25) is 0 Å². The van der Waals surface area contributed by atoms with Crippen molar-refractivity contribution in [3.63, 3.8) is 0 Å². The molecule has 5 heteroatoms. The Bertz CT molecular complexity index is 480. The topological polar surface area (TPSA) is 58.3 Å². The first-order valence-corrected chi connectivity index (χ1v) is 7.84. The number of nitrogens with two attached hydrogens (primary N) is 1. The SMILES string of the molecule is CC(C)c1ncc(N(C)CC2(N(C)C)CCC2)c(CN)n1. The minimum atomic E-state index is 0.289. The molecule has 0 amide bonds. The lowest BCUT2D eigenvalue weighted by Gasteiger charge is -2.49. The fourth-order valence-corrected chi connectivity index (χ4v) is 3.03. The summed E-state index contributed by atoms with van der Waals surface area (Å²) in [6, 6.07) is 0. The minimum absolute atomic E-state index is 0.289. The van der Waals surface area contributed by atoms with E-state index in [4.69, 9.17) is 5.73 Å². The number of hydrogen-bond acceptors (Lipinski definition) is 5. The van der Waals surface area contributed by atoms with E-state index in [0.717, 1.165) is 23.8 Å². The Morgan fingerprint density at radius 3 is 2.38 bits per heavy atom. The number of aromatic nitrogens is 2. The summed E-state index contributed by atoms with van der Waals surface area (Å²) in [5, 5.41) is 0. The van der Waals surface area contributed by atoms with Gasteiger partial charge in [-0.15, -0.1) is 0 Å². The molecule has 1 aliphatic rings. The third-order valence-corrected chi connectivity index (χ3v) is 4.75. The van der Waals surface area contributed by atoms with E-state index in [-0.39, 0.29) is 5.54 Å². The monoisotopic (exact) mass is 291 g/mol. The number of rotatable bonds is 6. The van der Waals surface area contributed by atoms with Gasteiger partial charge in [0.1, 0.15) is 5.82 Å². The van der Waals surface area contributed by atoms with Crippen molar-refractivity contribution in [2.24, 2.45) is 5.73 Å². The van der Waals surface area contributed by atoms with Gasteiger partial charge in [-0.05, 0) is 33.4 Å². The molecule has 1 fully saturated rings. The van der Waals surface area contributed by atoms with Crippen LogP contribution in [0.2, 0.25) is 0 Å². The van der Waals surface area contributed by atoms with Crippen LogP contribution >= 0.6 is 0 Å². The highest BCUT2D eigenvalue weighted by Crippen LogP contribution is 2.37. The van der Waals surface area contributed by atoms with Gasteiger partial charge in [0, 0.05) is 31.6 Å². The Hall–Kier alpha value is -1.20. The Morgan fingerprint density at radius 1 is 1.29 bits per heavy atom. The van der Waals surface area contributed by atoms with Crippen molar-refractivity contribution in [3.05, 3.63) is 17.7 Å². The van der Waals surface area contributed by atoms with E-state index in [1.54, 1.807) is 0 Å². The predicted molar refractivity (Wildman–Crippen MR) is 87.6 cm³/mol. The molecule has 0 radical (unpaired) electrons. The normalized spacial score (nSPS) is 17.1. The Labute approximate surface area is 128 Å². The maximum atomic E-state index is 5.90. The van der Waals surface area contributed by atoms with Crippen LogP contribution in [0, 0.1) is 0 Å². The highest BCUT2D eigenvalue weighted by atomic mass is 15.2. The van der Waals surface area contributed by atoms with Crippen molar-refractivity contribution in [2.75, 3.05) is 32.6 Å². The van der Waals surface area contributed by atoms with E-state index in [1.807, 2.05) is 6.20 Å². The molecule has 0 aromatic carbocycles. The molecule has 0 atom stereocenters.